The Bertz CT molecular complexity index is 822. The van der Waals surface area contributed by atoms with Crippen LogP contribution in [0, 0.1) is 20.8 Å². The summed E-state index contributed by atoms with van der Waals surface area (Å²) in [5, 5.41) is 5.43. The van der Waals surface area contributed by atoms with Crippen LogP contribution in [0.25, 0.3) is 0 Å². The van der Waals surface area contributed by atoms with Crippen LogP contribution in [0.2, 0.25) is 0 Å². The number of nitrogens with zero attached hydrogens (tertiary/aromatic N) is 1. The molecule has 1 aromatic carbocycles. The molecule has 1 saturated heterocycles. The van der Waals surface area contributed by atoms with Gasteiger partial charge < -0.3 is 15.4 Å². The van der Waals surface area contributed by atoms with Gasteiger partial charge in [0.25, 0.3) is 11.8 Å². The predicted octanol–water partition coefficient (Wildman–Crippen LogP) is 2.59. The van der Waals surface area contributed by atoms with Crippen molar-refractivity contribution < 1.29 is 23.9 Å². The maximum Gasteiger partial charge on any atom is 0.327 e. The van der Waals surface area contributed by atoms with Crippen molar-refractivity contribution in [3.63, 3.8) is 0 Å². The standard InChI is InChI=1S/C21H29N3O5/c1-7-21(8-2)19(27)24(20(28)23-21)11-16(25)29-15(6)18(26)22-17-13(4)9-12(3)10-14(17)5/h9-10,15H,7-8,11H2,1-6H3,(H,22,26)(H,23,28)/t15-/m0/s1. The van der Waals surface area contributed by atoms with E-state index in [2.05, 4.69) is 10.6 Å². The van der Waals surface area contributed by atoms with Crippen LogP contribution in [0.1, 0.15) is 50.3 Å². The highest BCUT2D eigenvalue weighted by molar-refractivity contribution is 6.08. The van der Waals surface area contributed by atoms with Gasteiger partial charge in [0, 0.05) is 5.69 Å². The smallest absolute Gasteiger partial charge is 0.327 e. The fourth-order valence-corrected chi connectivity index (χ4v) is 3.57. The first-order chi connectivity index (χ1) is 13.5. The maximum absolute atomic E-state index is 12.6. The van der Waals surface area contributed by atoms with Crippen LogP contribution in [0.5, 0.6) is 0 Å². The van der Waals surface area contributed by atoms with Gasteiger partial charge in [-0.1, -0.05) is 31.5 Å². The molecule has 8 heteroatoms. The summed E-state index contributed by atoms with van der Waals surface area (Å²) in [6.07, 6.45) is -0.230. The minimum absolute atomic E-state index is 0.424. The van der Waals surface area contributed by atoms with E-state index in [0.29, 0.717) is 18.5 Å². The third-order valence-electron chi connectivity index (χ3n) is 5.34. The molecule has 8 nitrogen and oxygen atoms in total. The van der Waals surface area contributed by atoms with Crippen LogP contribution in [0.3, 0.4) is 0 Å². The lowest BCUT2D eigenvalue weighted by molar-refractivity contribution is -0.155. The molecule has 1 atom stereocenters. The molecule has 1 aromatic rings. The molecule has 0 aliphatic carbocycles. The Labute approximate surface area is 171 Å². The third kappa shape index (κ3) is 4.58. The molecule has 2 rings (SSSR count). The molecule has 0 bridgehead atoms. The number of carbonyl (C=O) groups is 4. The van der Waals surface area contributed by atoms with Gasteiger partial charge in [0.05, 0.1) is 0 Å². The Morgan fingerprint density at radius 2 is 1.69 bits per heavy atom. The van der Waals surface area contributed by atoms with E-state index in [-0.39, 0.29) is 0 Å². The number of anilines is 1. The molecule has 0 unspecified atom stereocenters. The molecule has 0 aromatic heterocycles. The molecule has 0 spiro atoms. The quantitative estimate of drug-likeness (QED) is 0.538. The van der Waals surface area contributed by atoms with Gasteiger partial charge in [-0.3, -0.25) is 19.3 Å². The summed E-state index contributed by atoms with van der Waals surface area (Å²) in [4.78, 5) is 50.2. The molecular formula is C21H29N3O5. The molecule has 0 radical (unpaired) electrons. The highest BCUT2D eigenvalue weighted by atomic mass is 16.5. The van der Waals surface area contributed by atoms with E-state index in [1.807, 2.05) is 32.9 Å². The lowest BCUT2D eigenvalue weighted by Crippen LogP contribution is -2.46. The normalized spacial score (nSPS) is 16.4. The molecule has 29 heavy (non-hydrogen) atoms. The number of rotatable bonds is 7. The summed E-state index contributed by atoms with van der Waals surface area (Å²) in [5.41, 5.74) is 2.59. The summed E-state index contributed by atoms with van der Waals surface area (Å²) < 4.78 is 5.16. The van der Waals surface area contributed by atoms with Gasteiger partial charge in [0.1, 0.15) is 12.1 Å². The van der Waals surface area contributed by atoms with E-state index in [1.54, 1.807) is 13.8 Å². The van der Waals surface area contributed by atoms with Crippen molar-refractivity contribution >= 4 is 29.5 Å². The first kappa shape index (κ1) is 22.4. The number of hydrogen-bond acceptors (Lipinski definition) is 5. The van der Waals surface area contributed by atoms with Crippen LogP contribution >= 0.6 is 0 Å². The van der Waals surface area contributed by atoms with Gasteiger partial charge in [0.15, 0.2) is 6.10 Å². The van der Waals surface area contributed by atoms with Crippen LogP contribution in [0.4, 0.5) is 10.5 Å². The van der Waals surface area contributed by atoms with Crippen LogP contribution in [0.15, 0.2) is 12.1 Å². The molecule has 1 aliphatic rings. The number of aryl methyl sites for hydroxylation is 3. The summed E-state index contributed by atoms with van der Waals surface area (Å²) in [7, 11) is 0. The van der Waals surface area contributed by atoms with E-state index in [4.69, 9.17) is 4.74 Å². The van der Waals surface area contributed by atoms with Gasteiger partial charge in [-0.25, -0.2) is 4.79 Å². The summed E-state index contributed by atoms with van der Waals surface area (Å²) >= 11 is 0. The fraction of sp³-hybridized carbons (Fsp3) is 0.524. The second kappa shape index (κ2) is 8.63. The first-order valence-electron chi connectivity index (χ1n) is 9.77. The third-order valence-corrected chi connectivity index (χ3v) is 5.34. The minimum atomic E-state index is -1.08. The number of esters is 1. The number of urea groups is 1. The molecular weight excluding hydrogens is 374 g/mol. The zero-order valence-electron chi connectivity index (χ0n) is 17.8. The van der Waals surface area contributed by atoms with Crippen molar-refractivity contribution in [3.8, 4) is 0 Å². The van der Waals surface area contributed by atoms with Crippen molar-refractivity contribution in [3.05, 3.63) is 28.8 Å². The Morgan fingerprint density at radius 3 is 2.17 bits per heavy atom. The number of nitrogens with one attached hydrogen (secondary N) is 2. The molecule has 1 aliphatic heterocycles. The minimum Gasteiger partial charge on any atom is -0.451 e. The average Bonchev–Trinajstić information content (AvgIpc) is 2.88. The lowest BCUT2D eigenvalue weighted by atomic mass is 9.93. The van der Waals surface area contributed by atoms with Gasteiger partial charge in [-0.05, 0) is 51.7 Å². The Morgan fingerprint density at radius 1 is 1.14 bits per heavy atom. The largest absolute Gasteiger partial charge is 0.451 e. The molecule has 1 heterocycles. The van der Waals surface area contributed by atoms with Gasteiger partial charge in [0.2, 0.25) is 0 Å². The zero-order valence-corrected chi connectivity index (χ0v) is 17.8. The van der Waals surface area contributed by atoms with E-state index < -0.39 is 42.0 Å². The number of benzene rings is 1. The SMILES string of the molecule is CCC1(CC)NC(=O)N(CC(=O)O[C@@H](C)C(=O)Nc2c(C)cc(C)cc2C)C1=O. The van der Waals surface area contributed by atoms with Crippen LogP contribution in [-0.4, -0.2) is 46.9 Å². The summed E-state index contributed by atoms with van der Waals surface area (Å²) in [6, 6.07) is 3.27. The predicted molar refractivity (Wildman–Crippen MR) is 108 cm³/mol. The van der Waals surface area contributed by atoms with E-state index in [9.17, 15) is 19.2 Å². The first-order valence-corrected chi connectivity index (χ1v) is 9.77. The topological polar surface area (TPSA) is 105 Å². The fourth-order valence-electron chi connectivity index (χ4n) is 3.57. The van der Waals surface area contributed by atoms with Crippen molar-refractivity contribution in [2.75, 3.05) is 11.9 Å². The zero-order chi connectivity index (χ0) is 21.9. The van der Waals surface area contributed by atoms with Crippen LogP contribution in [-0.2, 0) is 19.1 Å². The van der Waals surface area contributed by atoms with Crippen molar-refractivity contribution in [1.82, 2.24) is 10.2 Å². The highest BCUT2D eigenvalue weighted by Gasteiger charge is 2.49. The second-order valence-electron chi connectivity index (χ2n) is 7.51. The van der Waals surface area contributed by atoms with Crippen molar-refractivity contribution in [2.24, 2.45) is 0 Å². The van der Waals surface area contributed by atoms with Crippen LogP contribution < -0.4 is 10.6 Å². The number of amides is 4. The molecule has 0 saturated carbocycles. The summed E-state index contributed by atoms with van der Waals surface area (Å²) in [6.45, 7) is 10.2. The number of ether oxygens (including phenoxy) is 1. The molecule has 4 amide bonds. The maximum atomic E-state index is 12.6. The van der Waals surface area contributed by atoms with Gasteiger partial charge in [-0.15, -0.1) is 0 Å². The second-order valence-corrected chi connectivity index (χ2v) is 7.51. The Hall–Kier alpha value is -2.90. The number of hydrogen-bond donors (Lipinski definition) is 2. The molecule has 2 N–H and O–H groups in total. The van der Waals surface area contributed by atoms with Gasteiger partial charge >= 0.3 is 12.0 Å². The van der Waals surface area contributed by atoms with Gasteiger partial charge in [-0.2, -0.15) is 0 Å². The molecule has 1 fully saturated rings. The van der Waals surface area contributed by atoms with Crippen molar-refractivity contribution in [1.29, 1.82) is 0 Å². The lowest BCUT2D eigenvalue weighted by Gasteiger charge is -2.23. The summed E-state index contributed by atoms with van der Waals surface area (Å²) in [5.74, 6) is -1.76. The average molecular weight is 403 g/mol. The van der Waals surface area contributed by atoms with E-state index in [1.165, 1.54) is 6.92 Å². The molecule has 158 valence electrons. The number of imide groups is 1. The van der Waals surface area contributed by atoms with Crippen molar-refractivity contribution in [2.45, 2.75) is 66.0 Å². The highest BCUT2D eigenvalue weighted by Crippen LogP contribution is 2.25. The Balaban J connectivity index is 2.00. The number of carbonyl (C=O) groups excluding carboxylic acids is 4. The van der Waals surface area contributed by atoms with E-state index in [0.717, 1.165) is 21.6 Å². The Kier molecular flexibility index (Phi) is 6.66. The monoisotopic (exact) mass is 403 g/mol. The van der Waals surface area contributed by atoms with E-state index >= 15 is 0 Å².